The van der Waals surface area contributed by atoms with E-state index in [4.69, 9.17) is 5.73 Å². The maximum Gasteiger partial charge on any atom is 0.416 e. The number of alkyl halides is 3. The number of imidazole rings is 1. The molecule has 22 heavy (non-hydrogen) atoms. The van der Waals surface area contributed by atoms with Crippen LogP contribution in [0.2, 0.25) is 0 Å². The smallest absolute Gasteiger partial charge is 0.369 e. The van der Waals surface area contributed by atoms with Crippen molar-refractivity contribution in [2.75, 3.05) is 5.32 Å². The van der Waals surface area contributed by atoms with Crippen LogP contribution < -0.4 is 11.1 Å². The largest absolute Gasteiger partial charge is 0.416 e. The summed E-state index contributed by atoms with van der Waals surface area (Å²) in [6.45, 7) is 0. The molecule has 0 bridgehead atoms. The van der Waals surface area contributed by atoms with Crippen molar-refractivity contribution in [1.29, 1.82) is 0 Å². The molecule has 0 radical (unpaired) electrons. The van der Waals surface area contributed by atoms with Crippen LogP contribution in [0.1, 0.15) is 17.0 Å². The molecule has 0 saturated heterocycles. The number of aromatic nitrogens is 2. The van der Waals surface area contributed by atoms with Crippen molar-refractivity contribution in [2.45, 2.75) is 12.1 Å². The number of hydrogen-bond acceptors (Lipinski definition) is 3. The Bertz CT molecular complexity index is 683. The van der Waals surface area contributed by atoms with E-state index in [1.165, 1.54) is 18.5 Å². The molecule has 0 saturated carbocycles. The van der Waals surface area contributed by atoms with Crippen LogP contribution >= 0.6 is 0 Å². The molecule has 1 heterocycles. The second-order valence-corrected chi connectivity index (χ2v) is 4.39. The number of primary amides is 1. The molecule has 1 atom stereocenters. The first-order chi connectivity index (χ1) is 10.3. The maximum absolute atomic E-state index is 12.7. The van der Waals surface area contributed by atoms with Gasteiger partial charge in [-0.25, -0.2) is 4.98 Å². The lowest BCUT2D eigenvalue weighted by molar-refractivity contribution is -0.138. The van der Waals surface area contributed by atoms with Gasteiger partial charge in [0.05, 0.1) is 5.56 Å². The molecule has 2 aromatic rings. The predicted molar refractivity (Wildman–Crippen MR) is 70.6 cm³/mol. The highest BCUT2D eigenvalue weighted by atomic mass is 19.4. The number of benzene rings is 1. The number of nitrogens with two attached hydrogens (primary N) is 1. The minimum Gasteiger partial charge on any atom is -0.369 e. The zero-order valence-corrected chi connectivity index (χ0v) is 11.0. The van der Waals surface area contributed by atoms with Crippen LogP contribution in [0.25, 0.3) is 0 Å². The molecular weight excluding hydrogens is 301 g/mol. The summed E-state index contributed by atoms with van der Waals surface area (Å²) in [5.41, 5.74) is 4.03. The van der Waals surface area contributed by atoms with Crippen molar-refractivity contribution in [3.63, 3.8) is 0 Å². The Kier molecular flexibility index (Phi) is 4.15. The molecule has 2 rings (SSSR count). The van der Waals surface area contributed by atoms with Gasteiger partial charge in [0, 0.05) is 12.4 Å². The summed E-state index contributed by atoms with van der Waals surface area (Å²) in [5, 5.41) is 2.27. The lowest BCUT2D eigenvalue weighted by Crippen LogP contribution is -2.33. The highest BCUT2D eigenvalue weighted by Crippen LogP contribution is 2.31. The van der Waals surface area contributed by atoms with Gasteiger partial charge in [0.15, 0.2) is 0 Å². The van der Waals surface area contributed by atoms with E-state index >= 15 is 0 Å². The summed E-state index contributed by atoms with van der Waals surface area (Å²) in [5.74, 6) is -3.44. The van der Waals surface area contributed by atoms with Crippen molar-refractivity contribution in [2.24, 2.45) is 5.73 Å². The Labute approximate surface area is 122 Å². The molecule has 0 aliphatic carbocycles. The number of halogens is 3. The van der Waals surface area contributed by atoms with Gasteiger partial charge in [0.1, 0.15) is 5.92 Å². The first-order valence-electron chi connectivity index (χ1n) is 6.06. The van der Waals surface area contributed by atoms with Crippen LogP contribution in [0.4, 0.5) is 19.1 Å². The van der Waals surface area contributed by atoms with Gasteiger partial charge in [-0.1, -0.05) is 18.2 Å². The van der Waals surface area contributed by atoms with Crippen molar-refractivity contribution < 1.29 is 22.8 Å². The van der Waals surface area contributed by atoms with Crippen LogP contribution in [0.15, 0.2) is 36.7 Å². The fourth-order valence-electron chi connectivity index (χ4n) is 1.86. The Balaban J connectivity index is 2.32. The number of nitrogens with zero attached hydrogens (tertiary/aromatic N) is 1. The van der Waals surface area contributed by atoms with E-state index < -0.39 is 29.5 Å². The molecule has 2 amide bonds. The minimum absolute atomic E-state index is 0.0585. The third-order valence-corrected chi connectivity index (χ3v) is 2.83. The molecular formula is C13H11F3N4O2. The molecule has 6 nitrogen and oxygen atoms in total. The molecule has 9 heteroatoms. The predicted octanol–water partition coefficient (Wildman–Crippen LogP) is 1.64. The van der Waals surface area contributed by atoms with Gasteiger partial charge in [0.2, 0.25) is 17.8 Å². The Hall–Kier alpha value is -2.84. The standard InChI is InChI=1S/C13H11F3N4O2/c14-13(15,16)8-3-1-2-7(6-8)9(10(17)21)11(22)20-12-18-4-5-19-12/h1-6,9H,(H2,17,21)(H2,18,19,20,22). The van der Waals surface area contributed by atoms with E-state index in [1.54, 1.807) is 0 Å². The number of rotatable bonds is 4. The molecule has 0 aliphatic heterocycles. The molecule has 1 aromatic heterocycles. The summed E-state index contributed by atoms with van der Waals surface area (Å²) in [6.07, 6.45) is -1.80. The van der Waals surface area contributed by atoms with Crippen LogP contribution in [-0.2, 0) is 15.8 Å². The van der Waals surface area contributed by atoms with E-state index in [0.717, 1.165) is 18.2 Å². The zero-order valence-electron chi connectivity index (χ0n) is 11.0. The van der Waals surface area contributed by atoms with E-state index in [1.807, 2.05) is 0 Å². The lowest BCUT2D eigenvalue weighted by Gasteiger charge is -2.15. The fraction of sp³-hybridized carbons (Fsp3) is 0.154. The van der Waals surface area contributed by atoms with Crippen molar-refractivity contribution in [1.82, 2.24) is 9.97 Å². The van der Waals surface area contributed by atoms with E-state index in [9.17, 15) is 22.8 Å². The molecule has 116 valence electrons. The van der Waals surface area contributed by atoms with Crippen molar-refractivity contribution in [3.8, 4) is 0 Å². The fourth-order valence-corrected chi connectivity index (χ4v) is 1.86. The highest BCUT2D eigenvalue weighted by Gasteiger charge is 2.33. The van der Waals surface area contributed by atoms with Gasteiger partial charge in [0.25, 0.3) is 0 Å². The number of carbonyl (C=O) groups is 2. The monoisotopic (exact) mass is 312 g/mol. The van der Waals surface area contributed by atoms with Gasteiger partial charge in [-0.15, -0.1) is 0 Å². The van der Waals surface area contributed by atoms with Gasteiger partial charge < -0.3 is 10.7 Å². The highest BCUT2D eigenvalue weighted by molar-refractivity contribution is 6.10. The molecule has 0 aliphatic rings. The second kappa shape index (κ2) is 5.88. The first-order valence-corrected chi connectivity index (χ1v) is 6.06. The van der Waals surface area contributed by atoms with E-state index in [-0.39, 0.29) is 11.5 Å². The topological polar surface area (TPSA) is 101 Å². The lowest BCUT2D eigenvalue weighted by atomic mass is 9.95. The molecule has 0 spiro atoms. The van der Waals surface area contributed by atoms with Crippen LogP contribution in [0.3, 0.4) is 0 Å². The Morgan fingerprint density at radius 3 is 2.59 bits per heavy atom. The van der Waals surface area contributed by atoms with Gasteiger partial charge in [-0.2, -0.15) is 13.2 Å². The van der Waals surface area contributed by atoms with Crippen molar-refractivity contribution in [3.05, 3.63) is 47.8 Å². The number of carbonyl (C=O) groups excluding carboxylic acids is 2. The molecule has 4 N–H and O–H groups in total. The first kappa shape index (κ1) is 15.5. The number of aromatic amines is 1. The molecule has 0 fully saturated rings. The van der Waals surface area contributed by atoms with Gasteiger partial charge in [-0.05, 0) is 11.6 Å². The van der Waals surface area contributed by atoms with Crippen LogP contribution in [0, 0.1) is 0 Å². The average molecular weight is 312 g/mol. The summed E-state index contributed by atoms with van der Waals surface area (Å²) in [6, 6.07) is 3.89. The van der Waals surface area contributed by atoms with Crippen LogP contribution in [-0.4, -0.2) is 21.8 Å². The maximum atomic E-state index is 12.7. The normalized spacial score (nSPS) is 12.7. The SMILES string of the molecule is NC(=O)C(C(=O)Nc1ncc[nH]1)c1cccc(C(F)(F)F)c1. The molecule has 1 unspecified atom stereocenters. The summed E-state index contributed by atoms with van der Waals surface area (Å²) in [7, 11) is 0. The summed E-state index contributed by atoms with van der Waals surface area (Å²) in [4.78, 5) is 29.8. The Morgan fingerprint density at radius 2 is 2.05 bits per heavy atom. The number of H-pyrrole nitrogens is 1. The van der Waals surface area contributed by atoms with E-state index in [0.29, 0.717) is 0 Å². The molecule has 1 aromatic carbocycles. The summed E-state index contributed by atoms with van der Waals surface area (Å²) >= 11 is 0. The van der Waals surface area contributed by atoms with Gasteiger partial charge >= 0.3 is 6.18 Å². The number of anilines is 1. The average Bonchev–Trinajstić information content (AvgIpc) is 2.90. The van der Waals surface area contributed by atoms with Gasteiger partial charge in [-0.3, -0.25) is 14.9 Å². The third-order valence-electron chi connectivity index (χ3n) is 2.83. The third kappa shape index (κ3) is 3.43. The van der Waals surface area contributed by atoms with Crippen LogP contribution in [0.5, 0.6) is 0 Å². The van der Waals surface area contributed by atoms with Crippen molar-refractivity contribution >= 4 is 17.8 Å². The summed E-state index contributed by atoms with van der Waals surface area (Å²) < 4.78 is 38.1. The quantitative estimate of drug-likeness (QED) is 0.748. The minimum atomic E-state index is -4.59. The number of nitrogens with one attached hydrogen (secondary N) is 2. The zero-order chi connectivity index (χ0) is 16.3. The Morgan fingerprint density at radius 1 is 1.32 bits per heavy atom. The second-order valence-electron chi connectivity index (χ2n) is 4.39. The number of hydrogen-bond donors (Lipinski definition) is 3. The van der Waals surface area contributed by atoms with E-state index in [2.05, 4.69) is 15.3 Å². The number of amides is 2.